The van der Waals surface area contributed by atoms with E-state index in [0.29, 0.717) is 17.9 Å². The second-order valence-electron chi connectivity index (χ2n) is 5.13. The first-order valence-electron chi connectivity index (χ1n) is 6.57. The summed E-state index contributed by atoms with van der Waals surface area (Å²) in [6.07, 6.45) is 5.57. The normalized spacial score (nSPS) is 17.8. The molecule has 1 aromatic carbocycles. The van der Waals surface area contributed by atoms with E-state index in [2.05, 4.69) is 0 Å². The molecule has 98 valence electrons. The lowest BCUT2D eigenvalue weighted by Gasteiger charge is -2.15. The standard InChI is InChI=1S/C14H19NO3/c16-13(9-11-5-1-2-6-11)10-12-7-3-4-8-14(12)15(17)18/h3-4,7-8,11,13,16H,1-2,5-6,9-10H2. The molecule has 18 heavy (non-hydrogen) atoms. The summed E-state index contributed by atoms with van der Waals surface area (Å²) in [6, 6.07) is 6.67. The molecule has 1 unspecified atom stereocenters. The van der Waals surface area contributed by atoms with Gasteiger partial charge in [0.05, 0.1) is 11.0 Å². The van der Waals surface area contributed by atoms with Crippen LogP contribution in [-0.4, -0.2) is 16.1 Å². The number of nitro groups is 1. The Balaban J connectivity index is 1.97. The van der Waals surface area contributed by atoms with Crippen molar-refractivity contribution >= 4 is 5.69 Å². The average molecular weight is 249 g/mol. The molecule has 0 spiro atoms. The number of aliphatic hydroxyl groups is 1. The molecule has 0 amide bonds. The van der Waals surface area contributed by atoms with Crippen LogP contribution >= 0.6 is 0 Å². The smallest absolute Gasteiger partial charge is 0.272 e. The molecule has 0 bridgehead atoms. The van der Waals surface area contributed by atoms with Crippen LogP contribution in [0.25, 0.3) is 0 Å². The highest BCUT2D eigenvalue weighted by atomic mass is 16.6. The second-order valence-corrected chi connectivity index (χ2v) is 5.13. The van der Waals surface area contributed by atoms with Crippen LogP contribution in [0.5, 0.6) is 0 Å². The van der Waals surface area contributed by atoms with E-state index >= 15 is 0 Å². The van der Waals surface area contributed by atoms with Crippen molar-refractivity contribution < 1.29 is 10.0 Å². The molecule has 4 heteroatoms. The average Bonchev–Trinajstić information content (AvgIpc) is 2.82. The summed E-state index contributed by atoms with van der Waals surface area (Å²) >= 11 is 0. The van der Waals surface area contributed by atoms with Gasteiger partial charge in [-0.1, -0.05) is 43.9 Å². The third kappa shape index (κ3) is 3.29. The predicted octanol–water partition coefficient (Wildman–Crippen LogP) is 3.08. The zero-order chi connectivity index (χ0) is 13.0. The van der Waals surface area contributed by atoms with Gasteiger partial charge in [-0.2, -0.15) is 0 Å². The maximum atomic E-state index is 10.9. The van der Waals surface area contributed by atoms with Crippen LogP contribution in [0, 0.1) is 16.0 Å². The van der Waals surface area contributed by atoms with Gasteiger partial charge in [0.25, 0.3) is 5.69 Å². The van der Waals surface area contributed by atoms with Crippen molar-refractivity contribution in [2.75, 3.05) is 0 Å². The van der Waals surface area contributed by atoms with Crippen molar-refractivity contribution in [3.8, 4) is 0 Å². The molecule has 1 N–H and O–H groups in total. The van der Waals surface area contributed by atoms with Crippen LogP contribution in [0.2, 0.25) is 0 Å². The Morgan fingerprint density at radius 3 is 2.67 bits per heavy atom. The number of hydrogen-bond acceptors (Lipinski definition) is 3. The van der Waals surface area contributed by atoms with Crippen molar-refractivity contribution in [1.82, 2.24) is 0 Å². The Bertz CT molecular complexity index is 413. The first kappa shape index (κ1) is 13.0. The van der Waals surface area contributed by atoms with Gasteiger partial charge in [-0.3, -0.25) is 10.1 Å². The van der Waals surface area contributed by atoms with Gasteiger partial charge in [0.1, 0.15) is 0 Å². The number of aliphatic hydroxyl groups excluding tert-OH is 1. The van der Waals surface area contributed by atoms with Crippen molar-refractivity contribution in [2.24, 2.45) is 5.92 Å². The topological polar surface area (TPSA) is 63.4 Å². The number of para-hydroxylation sites is 1. The third-order valence-corrected chi connectivity index (χ3v) is 3.72. The molecule has 0 aromatic heterocycles. The van der Waals surface area contributed by atoms with E-state index in [0.717, 1.165) is 6.42 Å². The van der Waals surface area contributed by atoms with E-state index in [1.54, 1.807) is 18.2 Å². The Morgan fingerprint density at radius 2 is 2.00 bits per heavy atom. The van der Waals surface area contributed by atoms with Crippen LogP contribution in [0.3, 0.4) is 0 Å². The van der Waals surface area contributed by atoms with Crippen molar-refractivity contribution in [1.29, 1.82) is 0 Å². The van der Waals surface area contributed by atoms with E-state index in [4.69, 9.17) is 0 Å². The lowest BCUT2D eigenvalue weighted by Crippen LogP contribution is -2.15. The van der Waals surface area contributed by atoms with Crippen LogP contribution in [0.15, 0.2) is 24.3 Å². The fraction of sp³-hybridized carbons (Fsp3) is 0.571. The van der Waals surface area contributed by atoms with E-state index in [9.17, 15) is 15.2 Å². The Morgan fingerprint density at radius 1 is 1.33 bits per heavy atom. The summed E-state index contributed by atoms with van der Waals surface area (Å²) in [6.45, 7) is 0. The molecule has 1 aromatic rings. The van der Waals surface area contributed by atoms with Gasteiger partial charge in [-0.25, -0.2) is 0 Å². The van der Waals surface area contributed by atoms with Gasteiger partial charge >= 0.3 is 0 Å². The van der Waals surface area contributed by atoms with Gasteiger partial charge in [0.15, 0.2) is 0 Å². The van der Waals surface area contributed by atoms with Crippen molar-refractivity contribution in [2.45, 2.75) is 44.6 Å². The summed E-state index contributed by atoms with van der Waals surface area (Å²) in [5.41, 5.74) is 0.746. The first-order valence-corrected chi connectivity index (χ1v) is 6.57. The molecule has 1 aliphatic carbocycles. The van der Waals surface area contributed by atoms with Gasteiger partial charge < -0.3 is 5.11 Å². The van der Waals surface area contributed by atoms with E-state index in [1.165, 1.54) is 31.7 Å². The van der Waals surface area contributed by atoms with Crippen LogP contribution in [0.1, 0.15) is 37.7 Å². The summed E-state index contributed by atoms with van der Waals surface area (Å²) < 4.78 is 0. The zero-order valence-corrected chi connectivity index (χ0v) is 10.4. The third-order valence-electron chi connectivity index (χ3n) is 3.72. The SMILES string of the molecule is O=[N+]([O-])c1ccccc1CC(O)CC1CCCC1. The summed E-state index contributed by atoms with van der Waals surface area (Å²) in [5, 5.41) is 20.9. The van der Waals surface area contributed by atoms with Crippen LogP contribution < -0.4 is 0 Å². The molecule has 1 fully saturated rings. The fourth-order valence-corrected chi connectivity index (χ4v) is 2.83. The molecular weight excluding hydrogens is 230 g/mol. The zero-order valence-electron chi connectivity index (χ0n) is 10.4. The lowest BCUT2D eigenvalue weighted by atomic mass is 9.95. The predicted molar refractivity (Wildman–Crippen MR) is 69.4 cm³/mol. The molecular formula is C14H19NO3. The quantitative estimate of drug-likeness (QED) is 0.644. The monoisotopic (exact) mass is 249 g/mol. The van der Waals surface area contributed by atoms with Crippen LogP contribution in [0.4, 0.5) is 5.69 Å². The van der Waals surface area contributed by atoms with Gasteiger partial charge in [-0.15, -0.1) is 0 Å². The van der Waals surface area contributed by atoms with Gasteiger partial charge in [0, 0.05) is 18.1 Å². The highest BCUT2D eigenvalue weighted by Crippen LogP contribution is 2.30. The number of rotatable bonds is 5. The van der Waals surface area contributed by atoms with E-state index in [-0.39, 0.29) is 10.6 Å². The first-order chi connectivity index (χ1) is 8.66. The lowest BCUT2D eigenvalue weighted by molar-refractivity contribution is -0.385. The molecule has 1 saturated carbocycles. The Hall–Kier alpha value is -1.42. The molecule has 0 aliphatic heterocycles. The number of hydrogen-bond donors (Lipinski definition) is 1. The summed E-state index contributed by atoms with van der Waals surface area (Å²) in [5.74, 6) is 0.600. The number of nitrogens with zero attached hydrogens (tertiary/aromatic N) is 1. The minimum Gasteiger partial charge on any atom is -0.393 e. The maximum Gasteiger partial charge on any atom is 0.272 e. The molecule has 1 aliphatic rings. The summed E-state index contributed by atoms with van der Waals surface area (Å²) in [4.78, 5) is 10.5. The fourth-order valence-electron chi connectivity index (χ4n) is 2.83. The Labute approximate surface area is 107 Å². The van der Waals surface area contributed by atoms with Gasteiger partial charge in [-0.05, 0) is 12.3 Å². The van der Waals surface area contributed by atoms with E-state index < -0.39 is 6.10 Å². The van der Waals surface area contributed by atoms with Crippen molar-refractivity contribution in [3.63, 3.8) is 0 Å². The molecule has 0 heterocycles. The molecule has 4 nitrogen and oxygen atoms in total. The maximum absolute atomic E-state index is 10.9. The van der Waals surface area contributed by atoms with Crippen LogP contribution in [-0.2, 0) is 6.42 Å². The molecule has 0 saturated heterocycles. The Kier molecular flexibility index (Phi) is 4.31. The highest BCUT2D eigenvalue weighted by Gasteiger charge is 2.21. The van der Waals surface area contributed by atoms with E-state index in [1.807, 2.05) is 0 Å². The largest absolute Gasteiger partial charge is 0.393 e. The summed E-state index contributed by atoms with van der Waals surface area (Å²) in [7, 11) is 0. The number of benzene rings is 1. The minimum absolute atomic E-state index is 0.114. The molecule has 2 rings (SSSR count). The molecule has 1 atom stereocenters. The minimum atomic E-state index is -0.464. The van der Waals surface area contributed by atoms with Gasteiger partial charge in [0.2, 0.25) is 0 Å². The van der Waals surface area contributed by atoms with Crippen molar-refractivity contribution in [3.05, 3.63) is 39.9 Å². The molecule has 0 radical (unpaired) electrons. The second kappa shape index (κ2) is 5.96. The highest BCUT2D eigenvalue weighted by molar-refractivity contribution is 5.40. The number of nitro benzene ring substituents is 1.